The van der Waals surface area contributed by atoms with E-state index in [2.05, 4.69) is 4.98 Å². The number of nitrogens with zero attached hydrogens (tertiary/aromatic N) is 4. The van der Waals surface area contributed by atoms with Crippen molar-refractivity contribution >= 4 is 11.6 Å². The lowest BCUT2D eigenvalue weighted by Gasteiger charge is -2.20. The van der Waals surface area contributed by atoms with Crippen LogP contribution < -0.4 is 0 Å². The second kappa shape index (κ2) is 7.35. The second-order valence-corrected chi connectivity index (χ2v) is 5.31. The zero-order valence-corrected chi connectivity index (χ0v) is 12.9. The van der Waals surface area contributed by atoms with Crippen LogP contribution in [0.5, 0.6) is 0 Å². The van der Waals surface area contributed by atoms with Crippen LogP contribution in [0.15, 0.2) is 24.4 Å². The summed E-state index contributed by atoms with van der Waals surface area (Å²) in [6, 6.07) is 5.61. The third-order valence-corrected chi connectivity index (χ3v) is 3.32. The van der Waals surface area contributed by atoms with Crippen molar-refractivity contribution in [3.05, 3.63) is 35.8 Å². The van der Waals surface area contributed by atoms with E-state index >= 15 is 0 Å². The van der Waals surface area contributed by atoms with Crippen molar-refractivity contribution in [2.75, 3.05) is 40.4 Å². The number of amides is 1. The van der Waals surface area contributed by atoms with E-state index < -0.39 is 0 Å². The van der Waals surface area contributed by atoms with Crippen molar-refractivity contribution in [3.63, 3.8) is 0 Å². The number of hydrogen-bond donors (Lipinski definition) is 2. The molecule has 7 heteroatoms. The summed E-state index contributed by atoms with van der Waals surface area (Å²) in [6.45, 7) is 0.617. The van der Waals surface area contributed by atoms with E-state index in [0.29, 0.717) is 17.9 Å². The van der Waals surface area contributed by atoms with Gasteiger partial charge in [-0.15, -0.1) is 0 Å². The lowest BCUT2D eigenvalue weighted by atomic mass is 10.2. The number of aromatic nitrogens is 2. The summed E-state index contributed by atoms with van der Waals surface area (Å²) in [6.07, 6.45) is 1.88. The molecular formula is C15H22N4O3. The lowest BCUT2D eigenvalue weighted by Crippen LogP contribution is -2.36. The molecule has 0 saturated heterocycles. The van der Waals surface area contributed by atoms with E-state index in [1.807, 2.05) is 47.8 Å². The highest BCUT2D eigenvalue weighted by Gasteiger charge is 2.23. The van der Waals surface area contributed by atoms with Gasteiger partial charge in [-0.25, -0.2) is 4.98 Å². The van der Waals surface area contributed by atoms with Gasteiger partial charge in [0.15, 0.2) is 5.69 Å². The number of imidazole rings is 1. The van der Waals surface area contributed by atoms with Gasteiger partial charge in [0.2, 0.25) is 0 Å². The Bertz CT molecular complexity index is 633. The summed E-state index contributed by atoms with van der Waals surface area (Å²) < 4.78 is 1.89. The van der Waals surface area contributed by atoms with E-state index in [-0.39, 0.29) is 32.2 Å². The standard InChI is InChI=1S/C15H22N4O3/c1-17(2)11-12-14(15(22)18(7-9-20)8-10-21)16-13-5-3-4-6-19(12)13/h3-6,20-21H,7-11H2,1-2H3. The summed E-state index contributed by atoms with van der Waals surface area (Å²) in [5, 5.41) is 18.2. The Balaban J connectivity index is 2.45. The predicted molar refractivity (Wildman–Crippen MR) is 82.7 cm³/mol. The number of fused-ring (bicyclic) bond motifs is 1. The van der Waals surface area contributed by atoms with Crippen molar-refractivity contribution in [1.82, 2.24) is 19.2 Å². The van der Waals surface area contributed by atoms with Gasteiger partial charge in [-0.3, -0.25) is 4.79 Å². The van der Waals surface area contributed by atoms with Gasteiger partial charge < -0.3 is 24.4 Å². The van der Waals surface area contributed by atoms with E-state index in [4.69, 9.17) is 10.2 Å². The van der Waals surface area contributed by atoms with Gasteiger partial charge in [0.05, 0.1) is 18.9 Å². The molecule has 22 heavy (non-hydrogen) atoms. The zero-order chi connectivity index (χ0) is 16.1. The Hall–Kier alpha value is -1.96. The Morgan fingerprint density at radius 2 is 1.91 bits per heavy atom. The van der Waals surface area contributed by atoms with E-state index in [1.54, 1.807) is 0 Å². The fourth-order valence-electron chi connectivity index (χ4n) is 2.37. The normalized spacial score (nSPS) is 11.3. The van der Waals surface area contributed by atoms with Gasteiger partial charge in [-0.1, -0.05) is 6.07 Å². The summed E-state index contributed by atoms with van der Waals surface area (Å²) >= 11 is 0. The van der Waals surface area contributed by atoms with Crippen LogP contribution in [0, 0.1) is 0 Å². The first-order valence-electron chi connectivity index (χ1n) is 7.20. The van der Waals surface area contributed by atoms with Crippen molar-refractivity contribution < 1.29 is 15.0 Å². The minimum absolute atomic E-state index is 0.151. The predicted octanol–water partition coefficient (Wildman–Crippen LogP) is -0.177. The number of aliphatic hydroxyl groups is 2. The monoisotopic (exact) mass is 306 g/mol. The summed E-state index contributed by atoms with van der Waals surface area (Å²) in [5.74, 6) is -0.274. The van der Waals surface area contributed by atoms with Gasteiger partial charge in [-0.05, 0) is 26.2 Å². The van der Waals surface area contributed by atoms with Crippen LogP contribution in [-0.2, 0) is 6.54 Å². The van der Waals surface area contributed by atoms with Crippen molar-refractivity contribution in [2.24, 2.45) is 0 Å². The SMILES string of the molecule is CN(C)Cc1c(C(=O)N(CCO)CCO)nc2ccccn12. The molecule has 2 heterocycles. The number of pyridine rings is 1. The molecule has 120 valence electrons. The molecule has 7 nitrogen and oxygen atoms in total. The molecule has 0 spiro atoms. The average molecular weight is 306 g/mol. The molecule has 0 unspecified atom stereocenters. The maximum absolute atomic E-state index is 12.7. The highest BCUT2D eigenvalue weighted by molar-refractivity contribution is 5.94. The van der Waals surface area contributed by atoms with Crippen LogP contribution in [0.3, 0.4) is 0 Å². The number of rotatable bonds is 7. The topological polar surface area (TPSA) is 81.3 Å². The van der Waals surface area contributed by atoms with E-state index in [0.717, 1.165) is 5.69 Å². The molecule has 0 aliphatic rings. The average Bonchev–Trinajstić information content (AvgIpc) is 2.85. The van der Waals surface area contributed by atoms with Crippen LogP contribution in [0.4, 0.5) is 0 Å². The summed E-state index contributed by atoms with van der Waals surface area (Å²) in [7, 11) is 3.85. The molecule has 2 aromatic heterocycles. The van der Waals surface area contributed by atoms with Crippen LogP contribution in [-0.4, -0.2) is 75.7 Å². The van der Waals surface area contributed by atoms with E-state index in [9.17, 15) is 4.79 Å². The summed E-state index contributed by atoms with van der Waals surface area (Å²) in [5.41, 5.74) is 1.86. The van der Waals surface area contributed by atoms with Gasteiger partial charge in [0.1, 0.15) is 5.65 Å². The first kappa shape index (κ1) is 16.4. The van der Waals surface area contributed by atoms with Gasteiger partial charge in [0.25, 0.3) is 5.91 Å². The molecule has 0 aliphatic carbocycles. The molecule has 0 radical (unpaired) electrons. The fourth-order valence-corrected chi connectivity index (χ4v) is 2.37. The minimum Gasteiger partial charge on any atom is -0.395 e. The molecule has 0 aromatic carbocycles. The molecule has 2 aromatic rings. The first-order valence-corrected chi connectivity index (χ1v) is 7.20. The van der Waals surface area contributed by atoms with Crippen molar-refractivity contribution in [2.45, 2.75) is 6.54 Å². The van der Waals surface area contributed by atoms with Crippen molar-refractivity contribution in [1.29, 1.82) is 0 Å². The van der Waals surface area contributed by atoms with Crippen LogP contribution in [0.1, 0.15) is 16.2 Å². The third-order valence-electron chi connectivity index (χ3n) is 3.32. The number of carbonyl (C=O) groups is 1. The molecule has 2 rings (SSSR count). The number of carbonyl (C=O) groups excluding carboxylic acids is 1. The Morgan fingerprint density at radius 1 is 1.23 bits per heavy atom. The van der Waals surface area contributed by atoms with Crippen molar-refractivity contribution in [3.8, 4) is 0 Å². The van der Waals surface area contributed by atoms with Crippen LogP contribution in [0.25, 0.3) is 5.65 Å². The molecule has 0 fully saturated rings. The molecule has 0 saturated carbocycles. The quantitative estimate of drug-likeness (QED) is 0.742. The smallest absolute Gasteiger partial charge is 0.274 e. The highest BCUT2D eigenvalue weighted by atomic mass is 16.3. The Morgan fingerprint density at radius 3 is 2.50 bits per heavy atom. The largest absolute Gasteiger partial charge is 0.395 e. The molecule has 0 aliphatic heterocycles. The Labute approximate surface area is 129 Å². The van der Waals surface area contributed by atoms with Gasteiger partial charge >= 0.3 is 0 Å². The van der Waals surface area contributed by atoms with E-state index in [1.165, 1.54) is 4.90 Å². The molecule has 1 amide bonds. The minimum atomic E-state index is -0.274. The first-order chi connectivity index (χ1) is 10.6. The number of hydrogen-bond acceptors (Lipinski definition) is 5. The maximum atomic E-state index is 12.7. The highest BCUT2D eigenvalue weighted by Crippen LogP contribution is 2.16. The lowest BCUT2D eigenvalue weighted by molar-refractivity contribution is 0.0677. The third kappa shape index (κ3) is 3.44. The van der Waals surface area contributed by atoms with Gasteiger partial charge in [0, 0.05) is 25.8 Å². The molecule has 2 N–H and O–H groups in total. The summed E-state index contributed by atoms with van der Waals surface area (Å²) in [4.78, 5) is 20.5. The molecule has 0 bridgehead atoms. The molecule has 0 atom stereocenters. The van der Waals surface area contributed by atoms with Crippen LogP contribution >= 0.6 is 0 Å². The Kier molecular flexibility index (Phi) is 5.48. The second-order valence-electron chi connectivity index (χ2n) is 5.31. The van der Waals surface area contributed by atoms with Gasteiger partial charge in [-0.2, -0.15) is 0 Å². The number of aliphatic hydroxyl groups excluding tert-OH is 2. The zero-order valence-electron chi connectivity index (χ0n) is 12.9. The maximum Gasteiger partial charge on any atom is 0.274 e. The molecular weight excluding hydrogens is 284 g/mol. The fraction of sp³-hybridized carbons (Fsp3) is 0.467. The van der Waals surface area contributed by atoms with Crippen LogP contribution in [0.2, 0.25) is 0 Å².